The highest BCUT2D eigenvalue weighted by Crippen LogP contribution is 2.42. The van der Waals surface area contributed by atoms with Crippen LogP contribution in [-0.2, 0) is 9.53 Å². The van der Waals surface area contributed by atoms with Crippen LogP contribution in [0.25, 0.3) is 42.3 Å². The SMILES string of the molecule is NCCCCC(=O)Nc1ccc2sc3c(-c4cccc5c(=O)cc(N6CCOCC6)oc45)cccc3c2c1. The number of nitrogens with one attached hydrogen (secondary N) is 1. The molecule has 3 heterocycles. The van der Waals surface area contributed by atoms with Crippen molar-refractivity contribution in [3.63, 3.8) is 0 Å². The van der Waals surface area contributed by atoms with Gasteiger partial charge in [0, 0.05) is 62.6 Å². The summed E-state index contributed by atoms with van der Waals surface area (Å²) in [6, 6.07) is 19.6. The number of rotatable bonds is 7. The van der Waals surface area contributed by atoms with Gasteiger partial charge in [0.05, 0.1) is 18.6 Å². The van der Waals surface area contributed by atoms with Crippen molar-refractivity contribution in [2.24, 2.45) is 5.73 Å². The predicted octanol–water partition coefficient (Wildman–Crippen LogP) is 5.73. The molecular formula is C30H29N3O4S. The van der Waals surface area contributed by atoms with Gasteiger partial charge in [0.2, 0.25) is 5.91 Å². The zero-order chi connectivity index (χ0) is 26.1. The lowest BCUT2D eigenvalue weighted by Gasteiger charge is -2.27. The van der Waals surface area contributed by atoms with Crippen LogP contribution in [-0.4, -0.2) is 38.8 Å². The second-order valence-corrected chi connectivity index (χ2v) is 10.6. The third-order valence-corrected chi connectivity index (χ3v) is 8.21. The van der Waals surface area contributed by atoms with Gasteiger partial charge in [-0.1, -0.05) is 30.3 Å². The van der Waals surface area contributed by atoms with Crippen molar-refractivity contribution in [2.45, 2.75) is 19.3 Å². The zero-order valence-corrected chi connectivity index (χ0v) is 21.8. The smallest absolute Gasteiger partial charge is 0.224 e. The number of unbranched alkanes of at least 4 members (excludes halogenated alkanes) is 1. The Morgan fingerprint density at radius 2 is 1.74 bits per heavy atom. The molecule has 1 aliphatic heterocycles. The molecule has 7 nitrogen and oxygen atoms in total. The standard InChI is InChI=1S/C30H29N3O4S/c31-12-2-1-9-27(35)32-19-10-11-26-24(17-19)22-7-4-6-21(30(22)38-26)20-5-3-8-23-25(34)18-28(37-29(20)23)33-13-15-36-16-14-33/h3-8,10-11,17-18H,1-2,9,12-16,31H2,(H,32,35). The lowest BCUT2D eigenvalue weighted by atomic mass is 10.0. The molecular weight excluding hydrogens is 498 g/mol. The number of hydrogen-bond acceptors (Lipinski definition) is 7. The topological polar surface area (TPSA) is 97.8 Å². The number of morpholine rings is 1. The van der Waals surface area contributed by atoms with E-state index in [2.05, 4.69) is 28.4 Å². The molecule has 1 aliphatic rings. The molecule has 0 atom stereocenters. The van der Waals surface area contributed by atoms with E-state index < -0.39 is 0 Å². The number of anilines is 2. The Bertz CT molecular complexity index is 1700. The average molecular weight is 528 g/mol. The summed E-state index contributed by atoms with van der Waals surface area (Å²) in [5.41, 5.74) is 8.78. The molecule has 0 spiro atoms. The van der Waals surface area contributed by atoms with Crippen LogP contribution in [0, 0.1) is 0 Å². The van der Waals surface area contributed by atoms with Crippen LogP contribution in [0.4, 0.5) is 11.6 Å². The van der Waals surface area contributed by atoms with Gasteiger partial charge >= 0.3 is 0 Å². The van der Waals surface area contributed by atoms with Crippen molar-refractivity contribution in [2.75, 3.05) is 43.1 Å². The molecule has 1 amide bonds. The third kappa shape index (κ3) is 4.67. The molecule has 6 rings (SSSR count). The van der Waals surface area contributed by atoms with Gasteiger partial charge in [-0.3, -0.25) is 9.59 Å². The highest BCUT2D eigenvalue weighted by atomic mass is 32.1. The van der Waals surface area contributed by atoms with Crippen LogP contribution in [0.15, 0.2) is 69.9 Å². The molecule has 2 aromatic heterocycles. The van der Waals surface area contributed by atoms with E-state index in [1.54, 1.807) is 17.4 Å². The number of carbonyl (C=O) groups is 1. The molecule has 5 aromatic rings. The summed E-state index contributed by atoms with van der Waals surface area (Å²) < 4.78 is 14.1. The van der Waals surface area contributed by atoms with Gasteiger partial charge in [0.25, 0.3) is 0 Å². The summed E-state index contributed by atoms with van der Waals surface area (Å²) in [7, 11) is 0. The third-order valence-electron chi connectivity index (χ3n) is 6.99. The lowest BCUT2D eigenvalue weighted by molar-refractivity contribution is -0.116. The van der Waals surface area contributed by atoms with E-state index in [0.29, 0.717) is 56.1 Å². The number of carbonyl (C=O) groups excluding carboxylic acids is 1. The van der Waals surface area contributed by atoms with Crippen LogP contribution in [0.5, 0.6) is 0 Å². The van der Waals surface area contributed by atoms with E-state index in [1.807, 2.05) is 36.4 Å². The Balaban J connectivity index is 1.43. The number of para-hydroxylation sites is 1. The summed E-state index contributed by atoms with van der Waals surface area (Å²) in [5.74, 6) is 0.577. The molecule has 1 fully saturated rings. The largest absolute Gasteiger partial charge is 0.440 e. The Morgan fingerprint density at radius 1 is 0.947 bits per heavy atom. The van der Waals surface area contributed by atoms with E-state index in [-0.39, 0.29) is 11.3 Å². The van der Waals surface area contributed by atoms with Crippen LogP contribution in [0.2, 0.25) is 0 Å². The summed E-state index contributed by atoms with van der Waals surface area (Å²) in [6.07, 6.45) is 2.08. The number of thiophene rings is 1. The van der Waals surface area contributed by atoms with Gasteiger partial charge in [-0.05, 0) is 43.7 Å². The highest BCUT2D eigenvalue weighted by Gasteiger charge is 2.19. The lowest BCUT2D eigenvalue weighted by Crippen LogP contribution is -2.36. The van der Waals surface area contributed by atoms with Gasteiger partial charge in [-0.15, -0.1) is 11.3 Å². The van der Waals surface area contributed by atoms with E-state index in [0.717, 1.165) is 49.8 Å². The minimum Gasteiger partial charge on any atom is -0.440 e. The summed E-state index contributed by atoms with van der Waals surface area (Å²) >= 11 is 1.70. The fourth-order valence-corrected chi connectivity index (χ4v) is 6.27. The van der Waals surface area contributed by atoms with Crippen molar-refractivity contribution >= 4 is 60.0 Å². The van der Waals surface area contributed by atoms with Gasteiger partial charge in [0.15, 0.2) is 11.3 Å². The Kier molecular flexibility index (Phi) is 6.84. The minimum atomic E-state index is -0.0510. The number of nitrogens with two attached hydrogens (primary N) is 1. The summed E-state index contributed by atoms with van der Waals surface area (Å²) in [4.78, 5) is 27.5. The first kappa shape index (κ1) is 24.6. The van der Waals surface area contributed by atoms with Crippen molar-refractivity contribution in [3.8, 4) is 11.1 Å². The quantitative estimate of drug-likeness (QED) is 0.262. The second-order valence-electron chi connectivity index (χ2n) is 9.52. The molecule has 0 bridgehead atoms. The molecule has 3 aromatic carbocycles. The van der Waals surface area contributed by atoms with Gasteiger partial charge in [-0.2, -0.15) is 0 Å². The maximum Gasteiger partial charge on any atom is 0.224 e. The molecule has 0 saturated carbocycles. The van der Waals surface area contributed by atoms with Gasteiger partial charge < -0.3 is 25.1 Å². The Morgan fingerprint density at radius 3 is 2.55 bits per heavy atom. The molecule has 0 aliphatic carbocycles. The van der Waals surface area contributed by atoms with Crippen molar-refractivity contribution in [3.05, 3.63) is 70.9 Å². The fourth-order valence-electron chi connectivity index (χ4n) is 5.06. The summed E-state index contributed by atoms with van der Waals surface area (Å²) in [5, 5.41) is 5.78. The van der Waals surface area contributed by atoms with E-state index in [1.165, 1.54) is 0 Å². The number of benzene rings is 3. The van der Waals surface area contributed by atoms with E-state index >= 15 is 0 Å². The van der Waals surface area contributed by atoms with Crippen molar-refractivity contribution in [1.82, 2.24) is 0 Å². The van der Waals surface area contributed by atoms with Gasteiger partial charge in [-0.25, -0.2) is 0 Å². The molecule has 1 saturated heterocycles. The van der Waals surface area contributed by atoms with Crippen LogP contribution < -0.4 is 21.4 Å². The number of fused-ring (bicyclic) bond motifs is 4. The molecule has 0 unspecified atom stereocenters. The number of hydrogen-bond donors (Lipinski definition) is 2. The van der Waals surface area contributed by atoms with Crippen LogP contribution in [0.1, 0.15) is 19.3 Å². The maximum atomic E-state index is 13.1. The summed E-state index contributed by atoms with van der Waals surface area (Å²) in [6.45, 7) is 3.20. The first-order valence-corrected chi connectivity index (χ1v) is 13.8. The Hall–Kier alpha value is -3.72. The number of amides is 1. The van der Waals surface area contributed by atoms with Crippen molar-refractivity contribution in [1.29, 1.82) is 0 Å². The maximum absolute atomic E-state index is 13.1. The van der Waals surface area contributed by atoms with Crippen LogP contribution >= 0.6 is 11.3 Å². The fraction of sp³-hybridized carbons (Fsp3) is 0.267. The molecule has 194 valence electrons. The number of ether oxygens (including phenoxy) is 1. The second kappa shape index (κ2) is 10.6. The van der Waals surface area contributed by atoms with E-state index in [9.17, 15) is 9.59 Å². The van der Waals surface area contributed by atoms with Crippen molar-refractivity contribution < 1.29 is 13.9 Å². The first-order chi connectivity index (χ1) is 18.6. The molecule has 0 radical (unpaired) electrons. The van der Waals surface area contributed by atoms with Crippen LogP contribution in [0.3, 0.4) is 0 Å². The molecule has 3 N–H and O–H groups in total. The zero-order valence-electron chi connectivity index (χ0n) is 21.0. The average Bonchev–Trinajstić information content (AvgIpc) is 3.32. The number of nitrogens with zero attached hydrogens (tertiary/aromatic N) is 1. The van der Waals surface area contributed by atoms with Gasteiger partial charge in [0.1, 0.15) is 5.58 Å². The van der Waals surface area contributed by atoms with E-state index in [4.69, 9.17) is 14.9 Å². The molecule has 8 heteroatoms. The normalized spacial score (nSPS) is 14.0. The molecule has 38 heavy (non-hydrogen) atoms. The Labute approximate surface area is 223 Å². The predicted molar refractivity (Wildman–Crippen MR) is 155 cm³/mol. The minimum absolute atomic E-state index is 0.000111. The highest BCUT2D eigenvalue weighted by molar-refractivity contribution is 7.26. The first-order valence-electron chi connectivity index (χ1n) is 13.0. The monoisotopic (exact) mass is 527 g/mol.